The number of fused-ring (bicyclic) bond motifs is 3. The fourth-order valence-corrected chi connectivity index (χ4v) is 3.07. The maximum Gasteiger partial charge on any atom is 0.284 e. The van der Waals surface area contributed by atoms with Gasteiger partial charge < -0.3 is 4.42 Å². The third-order valence-corrected chi connectivity index (χ3v) is 3.62. The van der Waals surface area contributed by atoms with Crippen molar-refractivity contribution < 1.29 is 4.42 Å². The second-order valence-electron chi connectivity index (χ2n) is 3.18. The molecule has 4 heteroatoms. The Morgan fingerprint density at radius 2 is 2.38 bits per heavy atom. The van der Waals surface area contributed by atoms with Crippen LogP contribution in [-0.4, -0.2) is 4.98 Å². The summed E-state index contributed by atoms with van der Waals surface area (Å²) >= 11 is 1.59. The molecule has 0 spiro atoms. The molecule has 0 amide bonds. The molecular weight excluding hydrogens is 186 g/mol. The zero-order chi connectivity index (χ0) is 8.84. The Kier molecular flexibility index (Phi) is 1.35. The quantitative estimate of drug-likeness (QED) is 0.640. The minimum Gasteiger partial charge on any atom is -0.434 e. The molecule has 1 aliphatic carbocycles. The summed E-state index contributed by atoms with van der Waals surface area (Å²) in [6.07, 6.45) is 4.48. The molecule has 0 aliphatic heterocycles. The highest BCUT2D eigenvalue weighted by atomic mass is 32.1. The monoisotopic (exact) mass is 193 g/mol. The van der Waals surface area contributed by atoms with E-state index in [2.05, 4.69) is 4.98 Å². The van der Waals surface area contributed by atoms with Crippen molar-refractivity contribution in [2.24, 2.45) is 0 Å². The van der Waals surface area contributed by atoms with Gasteiger partial charge in [0.05, 0.1) is 5.39 Å². The Balaban J connectivity index is 2.53. The van der Waals surface area contributed by atoms with Crippen LogP contribution in [0.3, 0.4) is 0 Å². The van der Waals surface area contributed by atoms with E-state index in [1.54, 1.807) is 11.3 Å². The second-order valence-corrected chi connectivity index (χ2v) is 4.25. The van der Waals surface area contributed by atoms with Crippen LogP contribution in [0.4, 0.5) is 0 Å². The highest BCUT2D eigenvalue weighted by Gasteiger charge is 2.20. The van der Waals surface area contributed by atoms with Gasteiger partial charge in [-0.15, -0.1) is 11.3 Å². The van der Waals surface area contributed by atoms with E-state index in [0.717, 1.165) is 29.5 Å². The van der Waals surface area contributed by atoms with Crippen LogP contribution >= 0.6 is 11.3 Å². The fraction of sp³-hybridized carbons (Fsp3) is 0.333. The van der Waals surface area contributed by atoms with E-state index in [-0.39, 0.29) is 5.56 Å². The van der Waals surface area contributed by atoms with Crippen LogP contribution in [0.2, 0.25) is 0 Å². The summed E-state index contributed by atoms with van der Waals surface area (Å²) in [6, 6.07) is 0. The molecular formula is C9H7NO2S. The molecule has 66 valence electrons. The zero-order valence-corrected chi connectivity index (χ0v) is 7.69. The molecule has 3 rings (SSSR count). The average Bonchev–Trinajstić information content (AvgIpc) is 2.62. The molecule has 0 aromatic carbocycles. The third kappa shape index (κ3) is 0.891. The molecule has 0 atom stereocenters. The second kappa shape index (κ2) is 2.42. The van der Waals surface area contributed by atoms with Gasteiger partial charge >= 0.3 is 0 Å². The lowest BCUT2D eigenvalue weighted by Gasteiger charge is -1.88. The molecule has 2 heterocycles. The Morgan fingerprint density at radius 3 is 3.31 bits per heavy atom. The van der Waals surface area contributed by atoms with Crippen molar-refractivity contribution >= 4 is 21.6 Å². The van der Waals surface area contributed by atoms with Crippen molar-refractivity contribution in [3.63, 3.8) is 0 Å². The van der Waals surface area contributed by atoms with E-state index in [1.807, 2.05) is 0 Å². The summed E-state index contributed by atoms with van der Waals surface area (Å²) in [5.74, 6) is 0. The largest absolute Gasteiger partial charge is 0.434 e. The first-order valence-corrected chi connectivity index (χ1v) is 5.06. The number of rotatable bonds is 0. The van der Waals surface area contributed by atoms with Crippen LogP contribution in [0, 0.1) is 0 Å². The fourth-order valence-electron chi connectivity index (χ4n) is 1.87. The van der Waals surface area contributed by atoms with Gasteiger partial charge in [0.1, 0.15) is 0 Å². The maximum absolute atomic E-state index is 11.4. The molecule has 0 N–H and O–H groups in total. The molecule has 0 radical (unpaired) electrons. The van der Waals surface area contributed by atoms with Gasteiger partial charge in [0, 0.05) is 4.88 Å². The SMILES string of the molecule is O=c1ncoc2sc3c(c12)CCC3. The van der Waals surface area contributed by atoms with Gasteiger partial charge in [-0.05, 0) is 24.8 Å². The molecule has 0 bridgehead atoms. The molecule has 0 saturated heterocycles. The van der Waals surface area contributed by atoms with Crippen LogP contribution in [0.1, 0.15) is 16.9 Å². The van der Waals surface area contributed by atoms with Gasteiger partial charge in [-0.2, -0.15) is 4.98 Å². The van der Waals surface area contributed by atoms with Crippen LogP contribution in [-0.2, 0) is 12.8 Å². The van der Waals surface area contributed by atoms with E-state index in [1.165, 1.54) is 16.8 Å². The standard InChI is InChI=1S/C9H7NO2S/c11-8-7-5-2-1-3-6(5)13-9(7)12-4-10-8/h4H,1-3H2. The third-order valence-electron chi connectivity index (χ3n) is 2.43. The van der Waals surface area contributed by atoms with E-state index < -0.39 is 0 Å². The van der Waals surface area contributed by atoms with E-state index in [9.17, 15) is 4.79 Å². The van der Waals surface area contributed by atoms with Crippen molar-refractivity contribution in [1.29, 1.82) is 0 Å². The number of nitrogens with zero attached hydrogens (tertiary/aromatic N) is 1. The van der Waals surface area contributed by atoms with Crippen molar-refractivity contribution in [2.75, 3.05) is 0 Å². The summed E-state index contributed by atoms with van der Waals surface area (Å²) in [5, 5.41) is 0.722. The number of aromatic nitrogens is 1. The molecule has 0 saturated carbocycles. The number of hydrogen-bond donors (Lipinski definition) is 0. The van der Waals surface area contributed by atoms with Crippen molar-refractivity contribution in [2.45, 2.75) is 19.3 Å². The Labute approximate surface area is 78.0 Å². The van der Waals surface area contributed by atoms with E-state index in [0.29, 0.717) is 0 Å². The van der Waals surface area contributed by atoms with E-state index >= 15 is 0 Å². The number of hydrogen-bond acceptors (Lipinski definition) is 4. The van der Waals surface area contributed by atoms with Gasteiger partial charge in [-0.1, -0.05) is 0 Å². The minimum atomic E-state index is -0.138. The van der Waals surface area contributed by atoms with E-state index in [4.69, 9.17) is 4.42 Å². The summed E-state index contributed by atoms with van der Waals surface area (Å²) in [5.41, 5.74) is 1.04. The first-order valence-electron chi connectivity index (χ1n) is 4.24. The highest BCUT2D eigenvalue weighted by molar-refractivity contribution is 7.18. The molecule has 2 aromatic rings. The van der Waals surface area contributed by atoms with Crippen LogP contribution in [0.25, 0.3) is 10.3 Å². The Hall–Kier alpha value is -1.16. The normalized spacial score (nSPS) is 15.1. The van der Waals surface area contributed by atoms with Crippen molar-refractivity contribution in [3.8, 4) is 0 Å². The number of thiophene rings is 1. The van der Waals surface area contributed by atoms with Crippen LogP contribution in [0.15, 0.2) is 15.6 Å². The van der Waals surface area contributed by atoms with Gasteiger partial charge in [-0.3, -0.25) is 4.79 Å². The highest BCUT2D eigenvalue weighted by Crippen LogP contribution is 2.34. The van der Waals surface area contributed by atoms with Crippen LogP contribution in [0.5, 0.6) is 0 Å². The first-order chi connectivity index (χ1) is 6.36. The minimum absolute atomic E-state index is 0.138. The summed E-state index contributed by atoms with van der Waals surface area (Å²) in [6.45, 7) is 0. The van der Waals surface area contributed by atoms with Gasteiger partial charge in [0.15, 0.2) is 11.3 Å². The van der Waals surface area contributed by atoms with Crippen molar-refractivity contribution in [3.05, 3.63) is 27.2 Å². The Bertz CT molecular complexity index is 526. The van der Waals surface area contributed by atoms with Crippen molar-refractivity contribution in [1.82, 2.24) is 4.98 Å². The molecule has 0 unspecified atom stereocenters. The molecule has 2 aromatic heterocycles. The Morgan fingerprint density at radius 1 is 1.46 bits per heavy atom. The molecule has 13 heavy (non-hydrogen) atoms. The summed E-state index contributed by atoms with van der Waals surface area (Å²) in [7, 11) is 0. The lowest BCUT2D eigenvalue weighted by atomic mass is 10.2. The molecule has 1 aliphatic rings. The smallest absolute Gasteiger partial charge is 0.284 e. The molecule has 0 fully saturated rings. The lowest BCUT2D eigenvalue weighted by Crippen LogP contribution is -2.04. The predicted molar refractivity (Wildman–Crippen MR) is 50.2 cm³/mol. The zero-order valence-electron chi connectivity index (χ0n) is 6.87. The van der Waals surface area contributed by atoms with Gasteiger partial charge in [0.25, 0.3) is 5.56 Å². The first kappa shape index (κ1) is 7.26. The molecule has 3 nitrogen and oxygen atoms in total. The number of aryl methyl sites for hydroxylation is 2. The lowest BCUT2D eigenvalue weighted by molar-refractivity contribution is 0.583. The summed E-state index contributed by atoms with van der Waals surface area (Å²) < 4.78 is 5.20. The summed E-state index contributed by atoms with van der Waals surface area (Å²) in [4.78, 5) is 17.1. The van der Waals surface area contributed by atoms with Gasteiger partial charge in [0.2, 0.25) is 0 Å². The predicted octanol–water partition coefficient (Wildman–Crippen LogP) is 1.74. The maximum atomic E-state index is 11.4. The topological polar surface area (TPSA) is 43.1 Å². The van der Waals surface area contributed by atoms with Gasteiger partial charge in [-0.25, -0.2) is 0 Å². The van der Waals surface area contributed by atoms with Crippen LogP contribution < -0.4 is 5.56 Å². The average molecular weight is 193 g/mol.